The maximum absolute atomic E-state index is 5.24. The fourth-order valence-electron chi connectivity index (χ4n) is 5.72. The largest absolute Gasteiger partial charge is 0.275 e. The van der Waals surface area contributed by atoms with E-state index in [1.54, 1.807) is 6.20 Å². The molecule has 4 heterocycles. The molecule has 0 saturated carbocycles. The molecule has 0 bridgehead atoms. The van der Waals surface area contributed by atoms with E-state index in [4.69, 9.17) is 27.6 Å². The van der Waals surface area contributed by atoms with Gasteiger partial charge in [0.25, 0.3) is 0 Å². The smallest absolute Gasteiger partial charge is 0.236 e. The summed E-state index contributed by atoms with van der Waals surface area (Å²) in [6, 6.07) is 26.4. The first kappa shape index (κ1) is 23.6. The van der Waals surface area contributed by atoms with Gasteiger partial charge in [0.1, 0.15) is 11.2 Å². The molecule has 0 saturated heterocycles. The van der Waals surface area contributed by atoms with Gasteiger partial charge in [0.2, 0.25) is 5.95 Å². The third kappa shape index (κ3) is 3.67. The molecule has 41 heavy (non-hydrogen) atoms. The van der Waals surface area contributed by atoms with Crippen molar-refractivity contribution in [3.63, 3.8) is 0 Å². The van der Waals surface area contributed by atoms with Gasteiger partial charge in [-0.1, -0.05) is 78.6 Å². The monoisotopic (exact) mass is 543 g/mol. The van der Waals surface area contributed by atoms with Crippen LogP contribution in [0.5, 0.6) is 0 Å². The minimum Gasteiger partial charge on any atom is -0.275 e. The van der Waals surface area contributed by atoms with E-state index >= 15 is 0 Å². The molecule has 6 heteroatoms. The number of benzene rings is 3. The number of nitrogens with zero attached hydrogens (tertiary/aromatic N) is 5. The summed E-state index contributed by atoms with van der Waals surface area (Å²) in [5, 5.41) is 3.18. The van der Waals surface area contributed by atoms with Crippen molar-refractivity contribution < 1.29 is 0 Å². The highest BCUT2D eigenvalue weighted by Gasteiger charge is 2.24. The van der Waals surface area contributed by atoms with Gasteiger partial charge in [0, 0.05) is 45.8 Å². The third-order valence-corrected chi connectivity index (χ3v) is 7.89. The van der Waals surface area contributed by atoms with E-state index in [1.165, 1.54) is 0 Å². The predicted molar refractivity (Wildman–Crippen MR) is 169 cm³/mol. The van der Waals surface area contributed by atoms with Crippen molar-refractivity contribution in [1.82, 2.24) is 24.5 Å². The van der Waals surface area contributed by atoms with Crippen LogP contribution < -0.4 is 0 Å². The molecule has 7 aromatic rings. The summed E-state index contributed by atoms with van der Waals surface area (Å²) in [6.07, 6.45) is 10.5. The number of hydrogen-bond donors (Lipinski definition) is 1. The van der Waals surface area contributed by atoms with Gasteiger partial charge in [-0.3, -0.25) is 14.5 Å². The first-order valence-electron chi connectivity index (χ1n) is 13.4. The molecule has 8 rings (SSSR count). The summed E-state index contributed by atoms with van der Waals surface area (Å²) < 4.78 is 2.09. The van der Waals surface area contributed by atoms with Crippen LogP contribution >= 0.6 is 12.6 Å². The lowest BCUT2D eigenvalue weighted by Gasteiger charge is -2.15. The van der Waals surface area contributed by atoms with E-state index in [0.29, 0.717) is 12.4 Å². The molecule has 0 radical (unpaired) electrons. The van der Waals surface area contributed by atoms with E-state index in [2.05, 4.69) is 70.0 Å². The van der Waals surface area contributed by atoms with E-state index in [9.17, 15) is 0 Å². The summed E-state index contributed by atoms with van der Waals surface area (Å²) in [5.41, 5.74) is 7.86. The van der Waals surface area contributed by atoms with E-state index in [0.717, 1.165) is 71.0 Å². The lowest BCUT2D eigenvalue weighted by atomic mass is 9.95. The van der Waals surface area contributed by atoms with Gasteiger partial charge < -0.3 is 0 Å². The molecule has 0 atom stereocenters. The molecule has 0 aliphatic heterocycles. The van der Waals surface area contributed by atoms with Crippen LogP contribution in [0.1, 0.15) is 12.0 Å². The fraction of sp³-hybridized carbons (Fsp3) is 0.0286. The Kier molecular flexibility index (Phi) is 5.44. The highest BCUT2D eigenvalue weighted by molar-refractivity contribution is 7.80. The number of thiol groups is 1. The predicted octanol–water partition coefficient (Wildman–Crippen LogP) is 7.97. The third-order valence-electron chi connectivity index (χ3n) is 7.45. The van der Waals surface area contributed by atoms with Gasteiger partial charge in [0.15, 0.2) is 0 Å². The Morgan fingerprint density at radius 1 is 0.780 bits per heavy atom. The second-order valence-electron chi connectivity index (χ2n) is 9.82. The Labute approximate surface area is 241 Å². The first-order chi connectivity index (χ1) is 20.3. The van der Waals surface area contributed by atoms with Crippen LogP contribution in [0.15, 0.2) is 114 Å². The first-order valence-corrected chi connectivity index (χ1v) is 13.8. The highest BCUT2D eigenvalue weighted by atomic mass is 32.1. The van der Waals surface area contributed by atoms with Gasteiger partial charge >= 0.3 is 0 Å². The Bertz CT molecular complexity index is 2300. The molecular weight excluding hydrogens is 522 g/mol. The number of rotatable bonds is 3. The zero-order valence-electron chi connectivity index (χ0n) is 21.8. The highest BCUT2D eigenvalue weighted by Crippen LogP contribution is 2.44. The Hall–Kier alpha value is -5.25. The SMILES string of the molecule is Sc1c(C2=CC=CCC#C2)c2ccccc2c2c3ncccc3n(-c3nc(-c4ccccc4)c4ncccc4n3)c12. The van der Waals surface area contributed by atoms with Crippen molar-refractivity contribution in [3.8, 4) is 29.0 Å². The lowest BCUT2D eigenvalue weighted by Crippen LogP contribution is -2.05. The van der Waals surface area contributed by atoms with Gasteiger partial charge in [-0.2, -0.15) is 0 Å². The maximum atomic E-state index is 5.24. The normalized spacial score (nSPS) is 13.0. The van der Waals surface area contributed by atoms with Crippen LogP contribution in [0.4, 0.5) is 0 Å². The van der Waals surface area contributed by atoms with Crippen molar-refractivity contribution in [2.24, 2.45) is 0 Å². The molecule has 0 amide bonds. The molecule has 1 aliphatic rings. The summed E-state index contributed by atoms with van der Waals surface area (Å²) in [5.74, 6) is 7.18. The molecule has 0 fully saturated rings. The summed E-state index contributed by atoms with van der Waals surface area (Å²) >= 11 is 5.24. The summed E-state index contributed by atoms with van der Waals surface area (Å²) in [7, 11) is 0. The maximum Gasteiger partial charge on any atom is 0.236 e. The molecule has 0 spiro atoms. The van der Waals surface area contributed by atoms with Crippen LogP contribution in [0.25, 0.3) is 66.5 Å². The van der Waals surface area contributed by atoms with Gasteiger partial charge in [-0.05, 0) is 41.1 Å². The minimum atomic E-state index is 0.537. The Morgan fingerprint density at radius 2 is 1.56 bits per heavy atom. The molecule has 192 valence electrons. The molecular formula is C35H21N5S. The number of allylic oxidation sites excluding steroid dienone is 4. The van der Waals surface area contributed by atoms with Gasteiger partial charge in [-0.15, -0.1) is 12.6 Å². The number of hydrogen-bond acceptors (Lipinski definition) is 5. The van der Waals surface area contributed by atoms with Crippen LogP contribution in [-0.2, 0) is 0 Å². The fourth-order valence-corrected chi connectivity index (χ4v) is 6.17. The molecule has 3 aromatic carbocycles. The summed E-state index contributed by atoms with van der Waals surface area (Å²) in [4.78, 5) is 20.6. The number of pyridine rings is 2. The van der Waals surface area contributed by atoms with Crippen LogP contribution in [0.3, 0.4) is 0 Å². The lowest BCUT2D eigenvalue weighted by molar-refractivity contribution is 1.00. The van der Waals surface area contributed by atoms with Crippen molar-refractivity contribution in [2.75, 3.05) is 0 Å². The van der Waals surface area contributed by atoms with Gasteiger partial charge in [-0.25, -0.2) is 9.97 Å². The second-order valence-corrected chi connectivity index (χ2v) is 10.3. The van der Waals surface area contributed by atoms with E-state index in [1.807, 2.05) is 54.7 Å². The second kappa shape index (κ2) is 9.44. The minimum absolute atomic E-state index is 0.537. The average Bonchev–Trinajstić information content (AvgIpc) is 3.15. The molecule has 4 aromatic heterocycles. The number of fused-ring (bicyclic) bond motifs is 6. The van der Waals surface area contributed by atoms with Crippen molar-refractivity contribution in [1.29, 1.82) is 0 Å². The van der Waals surface area contributed by atoms with E-state index in [-0.39, 0.29) is 0 Å². The summed E-state index contributed by atoms with van der Waals surface area (Å²) in [6.45, 7) is 0. The molecule has 0 unspecified atom stereocenters. The topological polar surface area (TPSA) is 56.5 Å². The van der Waals surface area contributed by atoms with Crippen molar-refractivity contribution in [2.45, 2.75) is 11.3 Å². The van der Waals surface area contributed by atoms with Crippen LogP contribution in [-0.4, -0.2) is 24.5 Å². The molecule has 5 nitrogen and oxygen atoms in total. The average molecular weight is 544 g/mol. The van der Waals surface area contributed by atoms with Crippen LogP contribution in [0.2, 0.25) is 0 Å². The Morgan fingerprint density at radius 3 is 2.44 bits per heavy atom. The van der Waals surface area contributed by atoms with E-state index < -0.39 is 0 Å². The van der Waals surface area contributed by atoms with Gasteiger partial charge in [0.05, 0.1) is 22.1 Å². The standard InChI is InChI=1S/C35H21N5S/c41-34-28(22-12-4-1-2-5-13-22)24-16-8-9-17-25(24)29-32-27(19-11-21-37-32)40(33(29)34)35-38-26-18-10-20-36-31(26)30(39-35)23-14-6-3-7-15-23/h1,3-4,6-12,14-21,41H,2H2. The zero-order chi connectivity index (χ0) is 27.3. The molecule has 1 aliphatic carbocycles. The molecule has 0 N–H and O–H groups in total. The van der Waals surface area contributed by atoms with Crippen molar-refractivity contribution in [3.05, 3.63) is 115 Å². The zero-order valence-corrected chi connectivity index (χ0v) is 22.7. The number of aromatic nitrogens is 5. The van der Waals surface area contributed by atoms with Crippen molar-refractivity contribution >= 4 is 61.9 Å². The Balaban J connectivity index is 1.57. The quantitative estimate of drug-likeness (QED) is 0.181. The van der Waals surface area contributed by atoms with Crippen LogP contribution in [0, 0.1) is 11.8 Å².